The molecule has 3 aliphatic heterocycles. The lowest BCUT2D eigenvalue weighted by Gasteiger charge is -2.48. The van der Waals surface area contributed by atoms with Crippen molar-refractivity contribution in [3.8, 4) is 0 Å². The van der Waals surface area contributed by atoms with Gasteiger partial charge in [-0.15, -0.1) is 0 Å². The van der Waals surface area contributed by atoms with Gasteiger partial charge in [0, 0.05) is 6.42 Å². The first kappa shape index (κ1) is 80.7. The maximum Gasteiger partial charge on any atom is 0.220 e. The zero-order chi connectivity index (χ0) is 64.7. The van der Waals surface area contributed by atoms with Gasteiger partial charge in [0.05, 0.1) is 38.6 Å². The summed E-state index contributed by atoms with van der Waals surface area (Å²) in [6, 6.07) is -0.998. The number of unbranched alkanes of at least 4 members (excludes halogenated alkanes) is 29. The molecule has 0 radical (unpaired) electrons. The van der Waals surface area contributed by atoms with Crippen molar-refractivity contribution < 1.29 is 89.4 Å². The molecule has 17 unspecified atom stereocenters. The van der Waals surface area contributed by atoms with Crippen LogP contribution in [0.15, 0.2) is 60.8 Å². The topological polar surface area (TPSA) is 307 Å². The average molecular weight is 1270 g/mol. The average Bonchev–Trinajstić information content (AvgIpc) is 1.97. The van der Waals surface area contributed by atoms with Crippen molar-refractivity contribution >= 4 is 5.91 Å². The zero-order valence-corrected chi connectivity index (χ0v) is 54.6. The van der Waals surface area contributed by atoms with E-state index in [0.29, 0.717) is 6.42 Å². The quantitative estimate of drug-likeness (QED) is 0.0199. The molecule has 17 atom stereocenters. The van der Waals surface area contributed by atoms with Crippen LogP contribution in [0.3, 0.4) is 0 Å². The van der Waals surface area contributed by atoms with Crippen molar-refractivity contribution in [2.24, 2.45) is 0 Å². The Morgan fingerprint density at radius 2 is 0.775 bits per heavy atom. The van der Waals surface area contributed by atoms with Crippen LogP contribution in [0.2, 0.25) is 0 Å². The number of nitrogens with one attached hydrogen (secondary N) is 1. The second-order valence-corrected chi connectivity index (χ2v) is 25.0. The van der Waals surface area contributed by atoms with Crippen molar-refractivity contribution in [2.75, 3.05) is 26.4 Å². The summed E-state index contributed by atoms with van der Waals surface area (Å²) in [4.78, 5) is 13.3. The van der Waals surface area contributed by atoms with Gasteiger partial charge in [0.25, 0.3) is 0 Å². The molecular weight excluding hydrogens is 1140 g/mol. The van der Waals surface area contributed by atoms with Gasteiger partial charge in [-0.05, 0) is 57.8 Å². The van der Waals surface area contributed by atoms with Gasteiger partial charge in [-0.1, -0.05) is 242 Å². The smallest absolute Gasteiger partial charge is 0.220 e. The highest BCUT2D eigenvalue weighted by Gasteiger charge is 2.53. The van der Waals surface area contributed by atoms with Crippen molar-refractivity contribution in [1.29, 1.82) is 0 Å². The molecule has 3 fully saturated rings. The molecule has 518 valence electrons. The summed E-state index contributed by atoms with van der Waals surface area (Å²) < 4.78 is 34.3. The van der Waals surface area contributed by atoms with Gasteiger partial charge in [0.15, 0.2) is 18.9 Å². The van der Waals surface area contributed by atoms with Crippen LogP contribution in [-0.4, -0.2) is 193 Å². The van der Waals surface area contributed by atoms with E-state index < -0.39 is 124 Å². The number of carbonyl (C=O) groups is 1. The van der Waals surface area contributed by atoms with E-state index in [4.69, 9.17) is 28.4 Å². The highest BCUT2D eigenvalue weighted by Crippen LogP contribution is 2.33. The second-order valence-electron chi connectivity index (χ2n) is 25.0. The molecule has 1 amide bonds. The van der Waals surface area contributed by atoms with Gasteiger partial charge in [0.1, 0.15) is 73.2 Å². The fraction of sp³-hybridized carbons (Fsp3) is 0.843. The Bertz CT molecular complexity index is 1850. The van der Waals surface area contributed by atoms with Gasteiger partial charge in [-0.25, -0.2) is 0 Å². The zero-order valence-electron chi connectivity index (χ0n) is 54.6. The Morgan fingerprint density at radius 3 is 1.21 bits per heavy atom. The second kappa shape index (κ2) is 51.8. The van der Waals surface area contributed by atoms with E-state index in [9.17, 15) is 61.0 Å². The summed E-state index contributed by atoms with van der Waals surface area (Å²) >= 11 is 0. The molecule has 0 aromatic carbocycles. The number of hydrogen-bond acceptors (Lipinski definition) is 18. The third kappa shape index (κ3) is 33.9. The molecular formula is C70H125NO18. The van der Waals surface area contributed by atoms with E-state index in [1.807, 2.05) is 6.08 Å². The minimum atomic E-state index is -1.98. The minimum absolute atomic E-state index is 0.189. The summed E-state index contributed by atoms with van der Waals surface area (Å²) in [7, 11) is 0. The first-order chi connectivity index (χ1) is 43.3. The fourth-order valence-corrected chi connectivity index (χ4v) is 11.7. The Labute approximate surface area is 535 Å². The van der Waals surface area contributed by atoms with E-state index in [1.54, 1.807) is 6.08 Å². The summed E-state index contributed by atoms with van der Waals surface area (Å²) in [6.07, 6.45) is 36.5. The number of ether oxygens (including phenoxy) is 6. The molecule has 3 aliphatic rings. The normalized spacial score (nSPS) is 28.6. The molecule has 0 saturated carbocycles. The van der Waals surface area contributed by atoms with Crippen LogP contribution in [0.5, 0.6) is 0 Å². The van der Waals surface area contributed by atoms with Crippen LogP contribution in [0.25, 0.3) is 0 Å². The van der Waals surface area contributed by atoms with Crippen molar-refractivity contribution in [2.45, 2.75) is 349 Å². The number of aliphatic hydroxyl groups is 11. The van der Waals surface area contributed by atoms with E-state index in [2.05, 4.69) is 67.8 Å². The van der Waals surface area contributed by atoms with Gasteiger partial charge in [0.2, 0.25) is 5.91 Å². The van der Waals surface area contributed by atoms with Crippen LogP contribution < -0.4 is 5.32 Å². The minimum Gasteiger partial charge on any atom is -0.394 e. The molecule has 0 bridgehead atoms. The first-order valence-corrected chi connectivity index (χ1v) is 35.0. The highest BCUT2D eigenvalue weighted by molar-refractivity contribution is 5.76. The molecule has 3 heterocycles. The van der Waals surface area contributed by atoms with E-state index in [1.165, 1.54) is 154 Å². The van der Waals surface area contributed by atoms with Crippen LogP contribution in [-0.2, 0) is 33.2 Å². The maximum atomic E-state index is 13.3. The van der Waals surface area contributed by atoms with Gasteiger partial charge in [-0.2, -0.15) is 0 Å². The Morgan fingerprint density at radius 1 is 0.416 bits per heavy atom. The lowest BCUT2D eigenvalue weighted by molar-refractivity contribution is -0.379. The number of allylic oxidation sites excluding steroid dienone is 9. The molecule has 12 N–H and O–H groups in total. The lowest BCUT2D eigenvalue weighted by Crippen LogP contribution is -2.66. The standard InChI is InChI=1S/C70H125NO18/c1-3-5-7-9-11-13-15-17-19-20-21-22-23-24-25-26-27-28-29-30-31-32-34-35-37-39-41-43-45-47-54(75)53(71-58(76)48-46-44-42-40-38-36-33-18-16-14-12-10-8-6-4-2)52-84-68-64(82)61(79)66(56(50-73)86-68)89-70-65(83)62(80)67(57(51-74)87-70)88-69-63(81)60(78)59(77)55(49-72)85-69/h6,8,12,14,18,33,38,40,45,47,53-57,59-70,72-75,77-83H,3-5,7,9-11,13,15-17,19-32,34-37,39,41-44,46,48-52H2,1-2H3,(H,71,76)/b8-6-,14-12-,33-18-,40-38-,47-45+. The molecule has 0 aliphatic carbocycles. The van der Waals surface area contributed by atoms with E-state index >= 15 is 0 Å². The molecule has 19 nitrogen and oxygen atoms in total. The predicted octanol–water partition coefficient (Wildman–Crippen LogP) is 9.16. The third-order valence-electron chi connectivity index (χ3n) is 17.3. The molecule has 3 saturated heterocycles. The van der Waals surface area contributed by atoms with Crippen molar-refractivity contribution in [1.82, 2.24) is 5.32 Å². The molecule has 0 aromatic rings. The molecule has 19 heteroatoms. The number of rotatable bonds is 53. The van der Waals surface area contributed by atoms with Crippen LogP contribution in [0, 0.1) is 0 Å². The number of amides is 1. The maximum absolute atomic E-state index is 13.3. The van der Waals surface area contributed by atoms with Crippen molar-refractivity contribution in [3.05, 3.63) is 60.8 Å². The third-order valence-corrected chi connectivity index (χ3v) is 17.3. The largest absolute Gasteiger partial charge is 0.394 e. The monoisotopic (exact) mass is 1270 g/mol. The SMILES string of the molecule is CC/C=C\C/C=C\C/C=C\C/C=C\CCCCC(=O)NC(COC1OC(CO)C(OC2OC(CO)C(OC3OC(CO)C(O)C(O)C3O)C(O)C2O)C(O)C1O)C(O)/C=C/CCCCCCCCCCCCCCCCCCCCCCCCCCCCC. The van der Waals surface area contributed by atoms with Crippen molar-refractivity contribution in [3.63, 3.8) is 0 Å². The van der Waals surface area contributed by atoms with Gasteiger partial charge >= 0.3 is 0 Å². The molecule has 89 heavy (non-hydrogen) atoms. The summed E-state index contributed by atoms with van der Waals surface area (Å²) in [5.74, 6) is -0.316. The Kier molecular flexibility index (Phi) is 47.0. The predicted molar refractivity (Wildman–Crippen MR) is 346 cm³/mol. The van der Waals surface area contributed by atoms with Crippen LogP contribution in [0.4, 0.5) is 0 Å². The first-order valence-electron chi connectivity index (χ1n) is 35.0. The number of aliphatic hydroxyl groups excluding tert-OH is 11. The summed E-state index contributed by atoms with van der Waals surface area (Å²) in [5.41, 5.74) is 0. The number of carbonyl (C=O) groups excluding carboxylic acids is 1. The molecule has 3 rings (SSSR count). The van der Waals surface area contributed by atoms with Gasteiger partial charge < -0.3 is 89.9 Å². The van der Waals surface area contributed by atoms with Crippen LogP contribution in [0.1, 0.15) is 245 Å². The number of hydrogen-bond donors (Lipinski definition) is 12. The Hall–Kier alpha value is -2.51. The summed E-state index contributed by atoms with van der Waals surface area (Å²) in [5, 5.41) is 120. The summed E-state index contributed by atoms with van der Waals surface area (Å²) in [6.45, 7) is 1.59. The highest BCUT2D eigenvalue weighted by atomic mass is 16.8. The van der Waals surface area contributed by atoms with Gasteiger partial charge in [-0.3, -0.25) is 4.79 Å². The lowest BCUT2D eigenvalue weighted by atomic mass is 9.96. The van der Waals surface area contributed by atoms with E-state index in [0.717, 1.165) is 64.2 Å². The van der Waals surface area contributed by atoms with E-state index in [-0.39, 0.29) is 18.9 Å². The fourth-order valence-electron chi connectivity index (χ4n) is 11.7. The Balaban J connectivity index is 1.42. The molecule has 0 spiro atoms. The molecule has 0 aromatic heterocycles. The van der Waals surface area contributed by atoms with Crippen LogP contribution >= 0.6 is 0 Å².